The summed E-state index contributed by atoms with van der Waals surface area (Å²) in [4.78, 5) is 26.0. The van der Waals surface area contributed by atoms with Crippen LogP contribution < -0.4 is 10.3 Å². The minimum atomic E-state index is -0.256. The number of rotatable bonds is 3. The number of carbonyl (C=O) groups is 1. The van der Waals surface area contributed by atoms with Crippen LogP contribution in [0.15, 0.2) is 23.1 Å². The van der Waals surface area contributed by atoms with E-state index < -0.39 is 0 Å². The summed E-state index contributed by atoms with van der Waals surface area (Å²) in [7, 11) is 1.46. The van der Waals surface area contributed by atoms with Crippen molar-refractivity contribution in [3.63, 3.8) is 0 Å². The van der Waals surface area contributed by atoms with Gasteiger partial charge >= 0.3 is 0 Å². The maximum atomic E-state index is 12.2. The van der Waals surface area contributed by atoms with E-state index in [0.717, 1.165) is 25.9 Å². The van der Waals surface area contributed by atoms with Gasteiger partial charge in [-0.2, -0.15) is 0 Å². The standard InChI is InChI=1S/C14H20N2O3/c1-19-12-7-6-10-16(14(12)18)11-13(17)15-8-4-2-3-5-9-15/h6-7,10H,2-5,8-9,11H2,1H3. The van der Waals surface area contributed by atoms with Gasteiger partial charge in [-0.1, -0.05) is 12.8 Å². The monoisotopic (exact) mass is 264 g/mol. The molecule has 0 bridgehead atoms. The molecule has 1 aliphatic rings. The van der Waals surface area contributed by atoms with Crippen molar-refractivity contribution in [2.24, 2.45) is 0 Å². The fourth-order valence-electron chi connectivity index (χ4n) is 2.36. The van der Waals surface area contributed by atoms with Crippen LogP contribution in [0.5, 0.6) is 5.75 Å². The Morgan fingerprint density at radius 1 is 1.26 bits per heavy atom. The lowest BCUT2D eigenvalue weighted by Gasteiger charge is -2.20. The van der Waals surface area contributed by atoms with Crippen molar-refractivity contribution >= 4 is 5.91 Å². The molecule has 0 unspecified atom stereocenters. The van der Waals surface area contributed by atoms with Crippen LogP contribution in [0.3, 0.4) is 0 Å². The van der Waals surface area contributed by atoms with Crippen molar-refractivity contribution in [2.45, 2.75) is 32.2 Å². The summed E-state index contributed by atoms with van der Waals surface area (Å²) in [5.41, 5.74) is -0.256. The van der Waals surface area contributed by atoms with E-state index >= 15 is 0 Å². The van der Waals surface area contributed by atoms with E-state index in [1.54, 1.807) is 18.3 Å². The number of amides is 1. The Bertz CT molecular complexity index is 488. The second kappa shape index (κ2) is 6.41. The molecule has 1 aromatic heterocycles. The molecule has 5 nitrogen and oxygen atoms in total. The summed E-state index contributed by atoms with van der Waals surface area (Å²) in [5, 5.41) is 0. The lowest BCUT2D eigenvalue weighted by atomic mass is 10.2. The summed E-state index contributed by atoms with van der Waals surface area (Å²) in [6.07, 6.45) is 6.10. The maximum Gasteiger partial charge on any atom is 0.293 e. The average Bonchev–Trinajstić information content (AvgIpc) is 2.70. The molecule has 1 fully saturated rings. The summed E-state index contributed by atoms with van der Waals surface area (Å²) in [6.45, 7) is 1.70. The molecule has 0 saturated carbocycles. The van der Waals surface area contributed by atoms with Crippen LogP contribution in [0.25, 0.3) is 0 Å². The fraction of sp³-hybridized carbons (Fsp3) is 0.571. The number of ether oxygens (including phenoxy) is 1. The van der Waals surface area contributed by atoms with Gasteiger partial charge in [-0.15, -0.1) is 0 Å². The first-order chi connectivity index (χ1) is 9.22. The molecule has 19 heavy (non-hydrogen) atoms. The first-order valence-electron chi connectivity index (χ1n) is 6.73. The second-order valence-electron chi connectivity index (χ2n) is 4.80. The molecule has 2 rings (SSSR count). The number of likely N-dealkylation sites (tertiary alicyclic amines) is 1. The van der Waals surface area contributed by atoms with Gasteiger partial charge < -0.3 is 14.2 Å². The first-order valence-corrected chi connectivity index (χ1v) is 6.73. The van der Waals surface area contributed by atoms with Gasteiger partial charge in [0, 0.05) is 19.3 Å². The van der Waals surface area contributed by atoms with Gasteiger partial charge in [-0.3, -0.25) is 9.59 Å². The van der Waals surface area contributed by atoms with Gasteiger partial charge in [0.2, 0.25) is 5.91 Å². The lowest BCUT2D eigenvalue weighted by Crippen LogP contribution is -2.37. The van der Waals surface area contributed by atoms with Crippen LogP contribution >= 0.6 is 0 Å². The van der Waals surface area contributed by atoms with E-state index in [9.17, 15) is 9.59 Å². The van der Waals surface area contributed by atoms with Crippen LogP contribution in [0, 0.1) is 0 Å². The van der Waals surface area contributed by atoms with E-state index in [-0.39, 0.29) is 23.8 Å². The molecule has 1 amide bonds. The number of methoxy groups -OCH3 is 1. The molecule has 0 radical (unpaired) electrons. The zero-order valence-corrected chi connectivity index (χ0v) is 11.3. The smallest absolute Gasteiger partial charge is 0.293 e. The first kappa shape index (κ1) is 13.6. The van der Waals surface area contributed by atoms with Crippen LogP contribution in [-0.2, 0) is 11.3 Å². The lowest BCUT2D eigenvalue weighted by molar-refractivity contribution is -0.131. The van der Waals surface area contributed by atoms with Gasteiger partial charge in [0.1, 0.15) is 6.54 Å². The molecular formula is C14H20N2O3. The third-order valence-corrected chi connectivity index (χ3v) is 3.47. The fourth-order valence-corrected chi connectivity index (χ4v) is 2.36. The molecule has 104 valence electrons. The zero-order valence-electron chi connectivity index (χ0n) is 11.3. The van der Waals surface area contributed by atoms with Crippen LogP contribution in [0.4, 0.5) is 0 Å². The molecule has 1 aliphatic heterocycles. The summed E-state index contributed by atoms with van der Waals surface area (Å²) in [6, 6.07) is 3.32. The minimum absolute atomic E-state index is 0.0113. The van der Waals surface area contributed by atoms with Crippen molar-refractivity contribution in [1.29, 1.82) is 0 Å². The number of aromatic nitrogens is 1. The third kappa shape index (κ3) is 3.36. The van der Waals surface area contributed by atoms with Gasteiger partial charge in [0.05, 0.1) is 7.11 Å². The third-order valence-electron chi connectivity index (χ3n) is 3.47. The maximum absolute atomic E-state index is 12.2. The Hall–Kier alpha value is -1.78. The minimum Gasteiger partial charge on any atom is -0.491 e. The van der Waals surface area contributed by atoms with E-state index in [4.69, 9.17) is 4.74 Å². The molecular weight excluding hydrogens is 244 g/mol. The SMILES string of the molecule is COc1cccn(CC(=O)N2CCCCCC2)c1=O. The Morgan fingerprint density at radius 3 is 2.58 bits per heavy atom. The Morgan fingerprint density at radius 2 is 1.95 bits per heavy atom. The number of carbonyl (C=O) groups excluding carboxylic acids is 1. The topological polar surface area (TPSA) is 51.5 Å². The van der Waals surface area contributed by atoms with Crippen LogP contribution in [0.1, 0.15) is 25.7 Å². The Balaban J connectivity index is 2.08. The molecule has 2 heterocycles. The van der Waals surface area contributed by atoms with Gasteiger partial charge in [-0.25, -0.2) is 0 Å². The average molecular weight is 264 g/mol. The van der Waals surface area contributed by atoms with Crippen molar-refractivity contribution in [2.75, 3.05) is 20.2 Å². The molecule has 0 spiro atoms. The van der Waals surface area contributed by atoms with Crippen molar-refractivity contribution in [3.8, 4) is 5.75 Å². The number of pyridine rings is 1. The normalized spacial score (nSPS) is 15.9. The van der Waals surface area contributed by atoms with E-state index in [1.165, 1.54) is 24.5 Å². The zero-order chi connectivity index (χ0) is 13.7. The molecule has 0 N–H and O–H groups in total. The summed E-state index contributed by atoms with van der Waals surface area (Å²) in [5.74, 6) is 0.281. The molecule has 0 aromatic carbocycles. The van der Waals surface area contributed by atoms with Crippen molar-refractivity contribution in [3.05, 3.63) is 28.7 Å². The quantitative estimate of drug-likeness (QED) is 0.826. The van der Waals surface area contributed by atoms with Gasteiger partial charge in [0.25, 0.3) is 5.56 Å². The van der Waals surface area contributed by atoms with Crippen LogP contribution in [0.2, 0.25) is 0 Å². The largest absolute Gasteiger partial charge is 0.491 e. The Kier molecular flexibility index (Phi) is 4.60. The van der Waals surface area contributed by atoms with E-state index in [1.807, 2.05) is 4.90 Å². The highest BCUT2D eigenvalue weighted by Gasteiger charge is 2.16. The summed E-state index contributed by atoms with van der Waals surface area (Å²) < 4.78 is 6.38. The van der Waals surface area contributed by atoms with E-state index in [0.29, 0.717) is 0 Å². The molecule has 1 saturated heterocycles. The predicted octanol–water partition coefficient (Wildman–Crippen LogP) is 1.26. The molecule has 0 aliphatic carbocycles. The number of hydrogen-bond acceptors (Lipinski definition) is 3. The van der Waals surface area contributed by atoms with Gasteiger partial charge in [-0.05, 0) is 25.0 Å². The predicted molar refractivity (Wildman–Crippen MR) is 72.3 cm³/mol. The van der Waals surface area contributed by atoms with E-state index in [2.05, 4.69) is 0 Å². The van der Waals surface area contributed by atoms with Crippen molar-refractivity contribution in [1.82, 2.24) is 9.47 Å². The highest BCUT2D eigenvalue weighted by Crippen LogP contribution is 2.10. The highest BCUT2D eigenvalue weighted by molar-refractivity contribution is 5.76. The highest BCUT2D eigenvalue weighted by atomic mass is 16.5. The molecule has 1 aromatic rings. The van der Waals surface area contributed by atoms with Crippen LogP contribution in [-0.4, -0.2) is 35.6 Å². The number of nitrogens with zero attached hydrogens (tertiary/aromatic N) is 2. The van der Waals surface area contributed by atoms with Gasteiger partial charge in [0.15, 0.2) is 5.75 Å². The second-order valence-corrected chi connectivity index (χ2v) is 4.80. The Labute approximate surface area is 112 Å². The molecule has 0 atom stereocenters. The number of hydrogen-bond donors (Lipinski definition) is 0. The summed E-state index contributed by atoms with van der Waals surface area (Å²) >= 11 is 0. The molecule has 5 heteroatoms. The van der Waals surface area contributed by atoms with Crippen molar-refractivity contribution < 1.29 is 9.53 Å².